The largest absolute Gasteiger partial charge is 0.447 e. The van der Waals surface area contributed by atoms with Gasteiger partial charge in [-0.2, -0.15) is 13.4 Å². The molecule has 1 aromatic heterocycles. The molecular weight excluding hydrogens is 184 g/mol. The van der Waals surface area contributed by atoms with Crippen molar-refractivity contribution in [1.29, 1.82) is 0 Å². The average Bonchev–Trinajstić information content (AvgIpc) is 1.82. The molecule has 66 valence electrons. The van der Waals surface area contributed by atoms with Crippen LogP contribution in [-0.2, 0) is 10.4 Å². The summed E-state index contributed by atoms with van der Waals surface area (Å²) in [7, 11) is -4.48. The van der Waals surface area contributed by atoms with Gasteiger partial charge >= 0.3 is 10.4 Å². The Hall–Kier alpha value is -1.21. The van der Waals surface area contributed by atoms with E-state index >= 15 is 0 Å². The maximum atomic E-state index is 10.2. The van der Waals surface area contributed by atoms with Crippen LogP contribution in [0.3, 0.4) is 0 Å². The highest BCUT2D eigenvalue weighted by Gasteiger charge is 2.07. The molecule has 0 aliphatic carbocycles. The SMILES string of the molecule is Cc1nccc(OS(=O)(=O)O)n1. The van der Waals surface area contributed by atoms with Crippen LogP contribution in [0.1, 0.15) is 5.82 Å². The molecule has 0 amide bonds. The zero-order chi connectivity index (χ0) is 9.19. The molecule has 0 aromatic carbocycles. The van der Waals surface area contributed by atoms with Crippen molar-refractivity contribution < 1.29 is 17.2 Å². The lowest BCUT2D eigenvalue weighted by atomic mass is 10.6. The van der Waals surface area contributed by atoms with Gasteiger partial charge in [-0.3, -0.25) is 4.55 Å². The minimum absolute atomic E-state index is 0.204. The van der Waals surface area contributed by atoms with Crippen LogP contribution in [0.15, 0.2) is 12.3 Å². The Morgan fingerprint density at radius 2 is 2.25 bits per heavy atom. The fourth-order valence-corrected chi connectivity index (χ4v) is 0.897. The van der Waals surface area contributed by atoms with Crippen molar-refractivity contribution in [2.75, 3.05) is 0 Å². The lowest BCUT2D eigenvalue weighted by Gasteiger charge is -1.98. The average molecular weight is 190 g/mol. The molecule has 0 unspecified atom stereocenters. The minimum atomic E-state index is -4.48. The minimum Gasteiger partial charge on any atom is -0.341 e. The third-order valence-corrected chi connectivity index (χ3v) is 1.32. The number of hydrogen-bond donors (Lipinski definition) is 1. The summed E-state index contributed by atoms with van der Waals surface area (Å²) in [6.07, 6.45) is 1.32. The summed E-state index contributed by atoms with van der Waals surface area (Å²) >= 11 is 0. The van der Waals surface area contributed by atoms with Crippen molar-refractivity contribution >= 4 is 10.4 Å². The molecule has 7 heteroatoms. The molecule has 0 fully saturated rings. The zero-order valence-electron chi connectivity index (χ0n) is 6.13. The number of aromatic nitrogens is 2. The second-order valence-electron chi connectivity index (χ2n) is 1.95. The number of aryl methyl sites for hydroxylation is 1. The number of nitrogens with zero attached hydrogens (tertiary/aromatic N) is 2. The first-order valence-electron chi connectivity index (χ1n) is 2.94. The molecule has 0 aliphatic rings. The van der Waals surface area contributed by atoms with E-state index in [4.69, 9.17) is 4.55 Å². The van der Waals surface area contributed by atoms with Gasteiger partial charge in [-0.15, -0.1) is 0 Å². The van der Waals surface area contributed by atoms with E-state index in [9.17, 15) is 8.42 Å². The van der Waals surface area contributed by atoms with E-state index in [1.54, 1.807) is 6.92 Å². The van der Waals surface area contributed by atoms with Crippen molar-refractivity contribution in [3.8, 4) is 5.88 Å². The van der Waals surface area contributed by atoms with Crippen molar-refractivity contribution in [3.05, 3.63) is 18.1 Å². The Balaban J connectivity index is 2.91. The van der Waals surface area contributed by atoms with Crippen LogP contribution in [0, 0.1) is 6.92 Å². The lowest BCUT2D eigenvalue weighted by molar-refractivity contribution is 0.380. The lowest BCUT2D eigenvalue weighted by Crippen LogP contribution is -2.08. The molecule has 0 saturated heterocycles. The van der Waals surface area contributed by atoms with Crippen molar-refractivity contribution in [2.45, 2.75) is 6.92 Å². The first-order valence-corrected chi connectivity index (χ1v) is 4.30. The van der Waals surface area contributed by atoms with Crippen LogP contribution in [0.4, 0.5) is 0 Å². The Kier molecular flexibility index (Phi) is 2.25. The van der Waals surface area contributed by atoms with Gasteiger partial charge in [0.15, 0.2) is 0 Å². The monoisotopic (exact) mass is 190 g/mol. The topological polar surface area (TPSA) is 89.4 Å². The summed E-state index contributed by atoms with van der Waals surface area (Å²) in [6, 6.07) is 1.22. The summed E-state index contributed by atoms with van der Waals surface area (Å²) in [4.78, 5) is 7.29. The van der Waals surface area contributed by atoms with E-state index < -0.39 is 10.4 Å². The molecule has 0 bridgehead atoms. The van der Waals surface area contributed by atoms with E-state index in [0.717, 1.165) is 0 Å². The second-order valence-corrected chi connectivity index (χ2v) is 2.98. The molecule has 0 aliphatic heterocycles. The van der Waals surface area contributed by atoms with Gasteiger partial charge in [0.25, 0.3) is 0 Å². The maximum absolute atomic E-state index is 10.2. The predicted octanol–water partition coefficient (Wildman–Crippen LogP) is -0.0334. The highest BCUT2D eigenvalue weighted by Crippen LogP contribution is 2.06. The molecule has 12 heavy (non-hydrogen) atoms. The molecule has 0 saturated carbocycles. The summed E-state index contributed by atoms with van der Waals surface area (Å²) in [5, 5.41) is 0. The van der Waals surface area contributed by atoms with Crippen LogP contribution in [0.25, 0.3) is 0 Å². The van der Waals surface area contributed by atoms with Gasteiger partial charge in [0, 0.05) is 12.3 Å². The smallest absolute Gasteiger partial charge is 0.341 e. The predicted molar refractivity (Wildman–Crippen MR) is 38.9 cm³/mol. The molecule has 0 radical (unpaired) electrons. The Bertz CT molecular complexity index is 375. The Morgan fingerprint density at radius 1 is 1.58 bits per heavy atom. The standard InChI is InChI=1S/C5H6N2O4S/c1-4-6-3-2-5(7-4)11-12(8,9)10/h2-3H,1H3,(H,8,9,10). The fraction of sp³-hybridized carbons (Fsp3) is 0.200. The third-order valence-electron chi connectivity index (χ3n) is 0.941. The summed E-state index contributed by atoms with van der Waals surface area (Å²) < 4.78 is 32.7. The quantitative estimate of drug-likeness (QED) is 0.658. The molecule has 6 nitrogen and oxygen atoms in total. The maximum Gasteiger partial charge on any atom is 0.447 e. The number of rotatable bonds is 2. The molecule has 0 spiro atoms. The zero-order valence-corrected chi connectivity index (χ0v) is 6.95. The fourth-order valence-electron chi connectivity index (χ4n) is 0.589. The number of hydrogen-bond acceptors (Lipinski definition) is 5. The molecule has 1 rings (SSSR count). The van der Waals surface area contributed by atoms with Gasteiger partial charge in [0.2, 0.25) is 5.88 Å². The Morgan fingerprint density at radius 3 is 2.75 bits per heavy atom. The van der Waals surface area contributed by atoms with Gasteiger partial charge in [0.1, 0.15) is 5.82 Å². The van der Waals surface area contributed by atoms with Crippen molar-refractivity contribution in [2.24, 2.45) is 0 Å². The summed E-state index contributed by atoms with van der Waals surface area (Å²) in [5.74, 6) is 0.154. The molecule has 1 aromatic rings. The highest BCUT2D eigenvalue weighted by molar-refractivity contribution is 7.81. The molecule has 0 atom stereocenters. The summed E-state index contributed by atoms with van der Waals surface area (Å²) in [5.41, 5.74) is 0. The van der Waals surface area contributed by atoms with E-state index in [2.05, 4.69) is 14.2 Å². The van der Waals surface area contributed by atoms with Crippen molar-refractivity contribution in [3.63, 3.8) is 0 Å². The van der Waals surface area contributed by atoms with E-state index in [1.807, 2.05) is 0 Å². The van der Waals surface area contributed by atoms with Gasteiger partial charge in [0.05, 0.1) is 0 Å². The van der Waals surface area contributed by atoms with E-state index in [-0.39, 0.29) is 5.88 Å². The van der Waals surface area contributed by atoms with Gasteiger partial charge in [-0.05, 0) is 6.92 Å². The van der Waals surface area contributed by atoms with Gasteiger partial charge < -0.3 is 4.18 Å². The van der Waals surface area contributed by atoms with Crippen LogP contribution < -0.4 is 4.18 Å². The van der Waals surface area contributed by atoms with Crippen LogP contribution in [0.5, 0.6) is 5.88 Å². The third kappa shape index (κ3) is 2.81. The van der Waals surface area contributed by atoms with Gasteiger partial charge in [-0.25, -0.2) is 4.98 Å². The van der Waals surface area contributed by atoms with Crippen LogP contribution >= 0.6 is 0 Å². The van der Waals surface area contributed by atoms with Crippen LogP contribution in [0.2, 0.25) is 0 Å². The molecular formula is C5H6N2O4S. The van der Waals surface area contributed by atoms with Crippen LogP contribution in [-0.4, -0.2) is 22.9 Å². The Labute approximate surface area is 69.2 Å². The summed E-state index contributed by atoms with van der Waals surface area (Å²) in [6.45, 7) is 1.57. The first kappa shape index (κ1) is 8.88. The van der Waals surface area contributed by atoms with Crippen molar-refractivity contribution in [1.82, 2.24) is 9.97 Å². The normalized spacial score (nSPS) is 11.2. The highest BCUT2D eigenvalue weighted by atomic mass is 32.3. The van der Waals surface area contributed by atoms with E-state index in [1.165, 1.54) is 12.3 Å². The second kappa shape index (κ2) is 3.03. The first-order chi connectivity index (χ1) is 5.47. The van der Waals surface area contributed by atoms with E-state index in [0.29, 0.717) is 5.82 Å². The van der Waals surface area contributed by atoms with Gasteiger partial charge in [-0.1, -0.05) is 0 Å². The molecule has 1 heterocycles. The molecule has 1 N–H and O–H groups in total.